The van der Waals surface area contributed by atoms with Crippen molar-refractivity contribution in [3.63, 3.8) is 0 Å². The Labute approximate surface area is 99.5 Å². The second-order valence-electron chi connectivity index (χ2n) is 3.43. The van der Waals surface area contributed by atoms with Crippen LogP contribution in [-0.2, 0) is 14.3 Å². The fourth-order valence-electron chi connectivity index (χ4n) is 1.22. The van der Waals surface area contributed by atoms with Gasteiger partial charge in [0.05, 0.1) is 13.5 Å². The lowest BCUT2D eigenvalue weighted by molar-refractivity contribution is -0.141. The zero-order chi connectivity index (χ0) is 12.7. The molecule has 0 saturated heterocycles. The van der Waals surface area contributed by atoms with Gasteiger partial charge in [0.2, 0.25) is 0 Å². The number of ether oxygens (including phenoxy) is 1. The Hall–Kier alpha value is -2.10. The molecule has 0 aliphatic carbocycles. The van der Waals surface area contributed by atoms with E-state index in [4.69, 9.17) is 0 Å². The van der Waals surface area contributed by atoms with Crippen molar-refractivity contribution in [2.45, 2.75) is 12.8 Å². The number of hydrogen-bond donors (Lipinski definition) is 1. The quantitative estimate of drug-likeness (QED) is 0.624. The average molecular weight is 234 g/mol. The van der Waals surface area contributed by atoms with E-state index in [1.54, 1.807) is 24.3 Å². The minimum Gasteiger partial charge on any atom is -0.507 e. The highest BCUT2D eigenvalue weighted by Gasteiger charge is 2.04. The minimum absolute atomic E-state index is 0.0699. The van der Waals surface area contributed by atoms with Gasteiger partial charge >= 0.3 is 5.97 Å². The fraction of sp³-hybridized carbons (Fsp3) is 0.231. The number of carbonyl (C=O) groups excluding carboxylic acids is 2. The van der Waals surface area contributed by atoms with Gasteiger partial charge in [-0.15, -0.1) is 0 Å². The molecule has 1 rings (SSSR count). The molecular weight excluding hydrogens is 220 g/mol. The minimum atomic E-state index is -0.408. The van der Waals surface area contributed by atoms with Crippen LogP contribution >= 0.6 is 0 Å². The zero-order valence-electron chi connectivity index (χ0n) is 9.55. The topological polar surface area (TPSA) is 63.6 Å². The summed E-state index contributed by atoms with van der Waals surface area (Å²) in [5.74, 6) is -0.475. The molecule has 17 heavy (non-hydrogen) atoms. The highest BCUT2D eigenvalue weighted by Crippen LogP contribution is 2.17. The van der Waals surface area contributed by atoms with Crippen LogP contribution in [0.25, 0.3) is 6.08 Å². The number of para-hydroxylation sites is 1. The third-order valence-corrected chi connectivity index (χ3v) is 2.19. The maximum Gasteiger partial charge on any atom is 0.305 e. The van der Waals surface area contributed by atoms with Crippen molar-refractivity contribution in [1.29, 1.82) is 0 Å². The molecule has 0 saturated carbocycles. The van der Waals surface area contributed by atoms with Crippen LogP contribution in [0.4, 0.5) is 0 Å². The lowest BCUT2D eigenvalue weighted by atomic mass is 10.1. The number of allylic oxidation sites excluding steroid dienone is 1. The molecule has 4 nitrogen and oxygen atoms in total. The molecule has 0 aromatic heterocycles. The van der Waals surface area contributed by atoms with Crippen LogP contribution in [0.3, 0.4) is 0 Å². The number of methoxy groups -OCH3 is 1. The Morgan fingerprint density at radius 3 is 2.65 bits per heavy atom. The van der Waals surface area contributed by atoms with Gasteiger partial charge < -0.3 is 9.84 Å². The summed E-state index contributed by atoms with van der Waals surface area (Å²) < 4.78 is 4.43. The highest BCUT2D eigenvalue weighted by molar-refractivity contribution is 5.95. The van der Waals surface area contributed by atoms with Crippen molar-refractivity contribution >= 4 is 17.8 Å². The largest absolute Gasteiger partial charge is 0.507 e. The molecule has 0 heterocycles. The second-order valence-corrected chi connectivity index (χ2v) is 3.43. The van der Waals surface area contributed by atoms with E-state index in [1.807, 2.05) is 0 Å². The van der Waals surface area contributed by atoms with Crippen molar-refractivity contribution in [3.05, 3.63) is 35.9 Å². The van der Waals surface area contributed by atoms with Crippen molar-refractivity contribution in [2.75, 3.05) is 7.11 Å². The van der Waals surface area contributed by atoms with E-state index in [1.165, 1.54) is 19.3 Å². The first-order valence-electron chi connectivity index (χ1n) is 5.19. The lowest BCUT2D eigenvalue weighted by Gasteiger charge is -1.97. The fourth-order valence-corrected chi connectivity index (χ4v) is 1.22. The first-order chi connectivity index (χ1) is 8.13. The Morgan fingerprint density at radius 2 is 2.00 bits per heavy atom. The molecule has 0 spiro atoms. The van der Waals surface area contributed by atoms with Crippen LogP contribution in [0.5, 0.6) is 5.75 Å². The Kier molecular flexibility index (Phi) is 4.94. The van der Waals surface area contributed by atoms with Gasteiger partial charge in [0.15, 0.2) is 5.78 Å². The maximum atomic E-state index is 11.4. The van der Waals surface area contributed by atoms with E-state index in [-0.39, 0.29) is 24.4 Å². The number of phenols is 1. The van der Waals surface area contributed by atoms with Gasteiger partial charge in [-0.1, -0.05) is 18.2 Å². The molecule has 0 atom stereocenters. The van der Waals surface area contributed by atoms with Crippen LogP contribution in [-0.4, -0.2) is 24.0 Å². The summed E-state index contributed by atoms with van der Waals surface area (Å²) in [5, 5.41) is 9.44. The van der Waals surface area contributed by atoms with Crippen LogP contribution in [0.15, 0.2) is 30.3 Å². The predicted octanol–water partition coefficient (Wildman–Crippen LogP) is 1.93. The summed E-state index contributed by atoms with van der Waals surface area (Å²) in [4.78, 5) is 22.2. The summed E-state index contributed by atoms with van der Waals surface area (Å²) >= 11 is 0. The van der Waals surface area contributed by atoms with Gasteiger partial charge in [0, 0.05) is 12.0 Å². The number of rotatable bonds is 5. The first kappa shape index (κ1) is 13.0. The predicted molar refractivity (Wildman–Crippen MR) is 63.4 cm³/mol. The molecule has 90 valence electrons. The zero-order valence-corrected chi connectivity index (χ0v) is 9.55. The summed E-state index contributed by atoms with van der Waals surface area (Å²) in [6.45, 7) is 0. The number of ketones is 1. The van der Waals surface area contributed by atoms with E-state index in [2.05, 4.69) is 4.74 Å². The van der Waals surface area contributed by atoms with E-state index in [9.17, 15) is 14.7 Å². The van der Waals surface area contributed by atoms with Gasteiger partial charge in [-0.25, -0.2) is 0 Å². The second kappa shape index (κ2) is 6.48. The number of hydrogen-bond acceptors (Lipinski definition) is 4. The maximum absolute atomic E-state index is 11.4. The average Bonchev–Trinajstić information content (AvgIpc) is 2.35. The molecule has 0 bridgehead atoms. The molecule has 1 aromatic rings. The Morgan fingerprint density at radius 1 is 1.29 bits per heavy atom. The van der Waals surface area contributed by atoms with Gasteiger partial charge in [0.25, 0.3) is 0 Å². The molecule has 0 radical (unpaired) electrons. The SMILES string of the molecule is COC(=O)CCC(=O)/C=C/c1ccccc1O. The monoisotopic (exact) mass is 234 g/mol. The van der Waals surface area contributed by atoms with Gasteiger partial charge in [-0.3, -0.25) is 9.59 Å². The number of esters is 1. The summed E-state index contributed by atoms with van der Waals surface area (Å²) in [5.41, 5.74) is 0.568. The van der Waals surface area contributed by atoms with E-state index < -0.39 is 5.97 Å². The third kappa shape index (κ3) is 4.51. The first-order valence-corrected chi connectivity index (χ1v) is 5.19. The van der Waals surface area contributed by atoms with E-state index in [0.29, 0.717) is 5.56 Å². The Bertz CT molecular complexity index is 435. The van der Waals surface area contributed by atoms with Crippen LogP contribution in [0, 0.1) is 0 Å². The van der Waals surface area contributed by atoms with Crippen molar-refractivity contribution in [1.82, 2.24) is 0 Å². The van der Waals surface area contributed by atoms with Crippen LogP contribution in [0.1, 0.15) is 18.4 Å². The summed E-state index contributed by atoms with van der Waals surface area (Å²) in [6, 6.07) is 6.70. The molecule has 0 fully saturated rings. The number of phenolic OH excluding ortho intramolecular Hbond substituents is 1. The third-order valence-electron chi connectivity index (χ3n) is 2.19. The molecular formula is C13H14O4. The molecule has 0 unspecified atom stereocenters. The standard InChI is InChI=1S/C13H14O4/c1-17-13(16)9-8-11(14)7-6-10-4-2-3-5-12(10)15/h2-7,15H,8-9H2,1H3/b7-6+. The van der Waals surface area contributed by atoms with E-state index in [0.717, 1.165) is 0 Å². The van der Waals surface area contributed by atoms with Crippen molar-refractivity contribution in [3.8, 4) is 5.75 Å². The van der Waals surface area contributed by atoms with Crippen LogP contribution < -0.4 is 0 Å². The summed E-state index contributed by atoms with van der Waals surface area (Å²) in [6.07, 6.45) is 3.05. The number of carbonyl (C=O) groups is 2. The molecule has 0 aliphatic heterocycles. The van der Waals surface area contributed by atoms with E-state index >= 15 is 0 Å². The number of aromatic hydroxyl groups is 1. The van der Waals surface area contributed by atoms with Crippen LogP contribution in [0.2, 0.25) is 0 Å². The molecule has 1 aromatic carbocycles. The Balaban J connectivity index is 2.51. The van der Waals surface area contributed by atoms with Gasteiger partial charge in [-0.05, 0) is 18.2 Å². The lowest BCUT2D eigenvalue weighted by Crippen LogP contribution is -2.03. The highest BCUT2D eigenvalue weighted by atomic mass is 16.5. The molecule has 0 amide bonds. The summed E-state index contributed by atoms with van der Waals surface area (Å²) in [7, 11) is 1.28. The van der Waals surface area contributed by atoms with Crippen molar-refractivity contribution < 1.29 is 19.4 Å². The van der Waals surface area contributed by atoms with Crippen molar-refractivity contribution in [2.24, 2.45) is 0 Å². The van der Waals surface area contributed by atoms with Gasteiger partial charge in [-0.2, -0.15) is 0 Å². The molecule has 0 aliphatic rings. The molecule has 4 heteroatoms. The normalized spacial score (nSPS) is 10.4. The van der Waals surface area contributed by atoms with Gasteiger partial charge in [0.1, 0.15) is 5.75 Å². The molecule has 1 N–H and O–H groups in total. The smallest absolute Gasteiger partial charge is 0.305 e. The number of benzene rings is 1.